The van der Waals surface area contributed by atoms with Crippen molar-refractivity contribution in [2.75, 3.05) is 14.2 Å². The third kappa shape index (κ3) is 3.10. The molecule has 146 valence electrons. The lowest BCUT2D eigenvalue weighted by Gasteiger charge is -2.14. The molecule has 0 bridgehead atoms. The number of carbonyl (C=O) groups is 2. The lowest BCUT2D eigenvalue weighted by Crippen LogP contribution is -2.24. The number of ether oxygens (including phenoxy) is 2. The standard InChI is InChI=1S/C22H17FN2O4/c1-28-21(26)19(22(27)29-2)17-12-24-25-18(13-7-9-15(23)10-8-13)11-14-5-3-4-6-16(14)20(17)25/h3-12,19H,1-2H3. The van der Waals surface area contributed by atoms with E-state index in [1.807, 2.05) is 30.3 Å². The number of benzene rings is 2. The summed E-state index contributed by atoms with van der Waals surface area (Å²) in [5, 5.41) is 6.12. The predicted molar refractivity (Wildman–Crippen MR) is 105 cm³/mol. The Morgan fingerprint density at radius 1 is 1.00 bits per heavy atom. The number of fused-ring (bicyclic) bond motifs is 3. The molecule has 6 nitrogen and oxygen atoms in total. The van der Waals surface area contributed by atoms with Crippen LogP contribution in [0.4, 0.5) is 4.39 Å². The minimum atomic E-state index is -1.27. The molecule has 4 rings (SSSR count). The summed E-state index contributed by atoms with van der Waals surface area (Å²) in [6.45, 7) is 0. The first-order chi connectivity index (χ1) is 14.0. The first-order valence-electron chi connectivity index (χ1n) is 8.86. The third-order valence-electron chi connectivity index (χ3n) is 4.86. The summed E-state index contributed by atoms with van der Waals surface area (Å²) in [5.41, 5.74) is 2.40. The Bertz CT molecular complexity index is 1220. The van der Waals surface area contributed by atoms with Crippen LogP contribution in [0.25, 0.3) is 27.5 Å². The molecule has 0 unspecified atom stereocenters. The van der Waals surface area contributed by atoms with Crippen LogP contribution >= 0.6 is 0 Å². The van der Waals surface area contributed by atoms with Crippen LogP contribution in [0.2, 0.25) is 0 Å². The van der Waals surface area contributed by atoms with E-state index < -0.39 is 17.9 Å². The van der Waals surface area contributed by atoms with Crippen molar-refractivity contribution in [3.05, 3.63) is 72.2 Å². The van der Waals surface area contributed by atoms with Gasteiger partial charge in [0, 0.05) is 16.5 Å². The van der Waals surface area contributed by atoms with Crippen LogP contribution in [-0.4, -0.2) is 35.8 Å². The fourth-order valence-corrected chi connectivity index (χ4v) is 3.48. The highest BCUT2D eigenvalue weighted by atomic mass is 19.1. The summed E-state index contributed by atoms with van der Waals surface area (Å²) in [5.74, 6) is -3.08. The molecule has 0 radical (unpaired) electrons. The van der Waals surface area contributed by atoms with Crippen molar-refractivity contribution in [2.24, 2.45) is 0 Å². The molecule has 29 heavy (non-hydrogen) atoms. The van der Waals surface area contributed by atoms with Crippen LogP contribution < -0.4 is 0 Å². The number of pyridine rings is 1. The van der Waals surface area contributed by atoms with Gasteiger partial charge < -0.3 is 9.47 Å². The van der Waals surface area contributed by atoms with Crippen LogP contribution in [0.5, 0.6) is 0 Å². The minimum Gasteiger partial charge on any atom is -0.468 e. The Labute approximate surface area is 165 Å². The fraction of sp³-hybridized carbons (Fsp3) is 0.136. The molecule has 0 amide bonds. The Morgan fingerprint density at radius 2 is 1.66 bits per heavy atom. The van der Waals surface area contributed by atoms with Crippen molar-refractivity contribution < 1.29 is 23.5 Å². The minimum absolute atomic E-state index is 0.344. The second-order valence-corrected chi connectivity index (χ2v) is 6.46. The molecule has 0 aliphatic rings. The molecule has 0 fully saturated rings. The van der Waals surface area contributed by atoms with E-state index in [4.69, 9.17) is 9.47 Å². The molecule has 0 atom stereocenters. The number of nitrogens with zero attached hydrogens (tertiary/aromatic N) is 2. The van der Waals surface area contributed by atoms with E-state index >= 15 is 0 Å². The van der Waals surface area contributed by atoms with Gasteiger partial charge in [0.05, 0.1) is 31.6 Å². The number of methoxy groups -OCH3 is 2. The maximum atomic E-state index is 13.4. The smallest absolute Gasteiger partial charge is 0.324 e. The molecule has 2 aromatic heterocycles. The third-order valence-corrected chi connectivity index (χ3v) is 4.86. The Balaban J connectivity index is 2.07. The topological polar surface area (TPSA) is 69.9 Å². The average Bonchev–Trinajstić information content (AvgIpc) is 3.18. The average molecular weight is 392 g/mol. The van der Waals surface area contributed by atoms with Gasteiger partial charge in [-0.2, -0.15) is 5.10 Å². The molecule has 4 aromatic rings. The number of esters is 2. The first kappa shape index (κ1) is 18.6. The van der Waals surface area contributed by atoms with Crippen LogP contribution in [-0.2, 0) is 19.1 Å². The van der Waals surface area contributed by atoms with Crippen molar-refractivity contribution in [1.82, 2.24) is 9.61 Å². The van der Waals surface area contributed by atoms with Gasteiger partial charge in [-0.15, -0.1) is 0 Å². The first-order valence-corrected chi connectivity index (χ1v) is 8.86. The van der Waals surface area contributed by atoms with Crippen LogP contribution in [0, 0.1) is 5.82 Å². The SMILES string of the molecule is COC(=O)C(C(=O)OC)c1cnn2c(-c3ccc(F)cc3)cc3ccccc3c12. The second-order valence-electron chi connectivity index (χ2n) is 6.46. The largest absolute Gasteiger partial charge is 0.468 e. The summed E-state index contributed by atoms with van der Waals surface area (Å²) in [6, 6.07) is 15.5. The zero-order valence-electron chi connectivity index (χ0n) is 15.8. The molecule has 2 heterocycles. The second kappa shape index (κ2) is 7.35. The summed E-state index contributed by atoms with van der Waals surface area (Å²) in [6.07, 6.45) is 1.47. The van der Waals surface area contributed by atoms with E-state index in [1.165, 1.54) is 32.5 Å². The van der Waals surface area contributed by atoms with Crippen molar-refractivity contribution in [2.45, 2.75) is 5.92 Å². The van der Waals surface area contributed by atoms with Gasteiger partial charge in [0.25, 0.3) is 0 Å². The van der Waals surface area contributed by atoms with E-state index in [0.29, 0.717) is 16.8 Å². The number of hydrogen-bond acceptors (Lipinski definition) is 5. The van der Waals surface area contributed by atoms with E-state index in [-0.39, 0.29) is 5.82 Å². The quantitative estimate of drug-likeness (QED) is 0.391. The molecule has 0 aliphatic heterocycles. The summed E-state index contributed by atoms with van der Waals surface area (Å²) < 4.78 is 24.7. The molecule has 0 saturated heterocycles. The normalized spacial score (nSPS) is 11.2. The Hall–Kier alpha value is -3.74. The summed E-state index contributed by atoms with van der Waals surface area (Å²) in [4.78, 5) is 24.8. The van der Waals surface area contributed by atoms with Crippen LogP contribution in [0.1, 0.15) is 11.5 Å². The van der Waals surface area contributed by atoms with Gasteiger partial charge in [-0.3, -0.25) is 9.59 Å². The highest BCUT2D eigenvalue weighted by Crippen LogP contribution is 2.34. The van der Waals surface area contributed by atoms with E-state index in [2.05, 4.69) is 5.10 Å². The molecule has 7 heteroatoms. The highest BCUT2D eigenvalue weighted by molar-refractivity contribution is 6.07. The zero-order chi connectivity index (χ0) is 20.5. The number of carbonyl (C=O) groups excluding carboxylic acids is 2. The van der Waals surface area contributed by atoms with Gasteiger partial charge in [-0.25, -0.2) is 8.91 Å². The number of rotatable bonds is 4. The van der Waals surface area contributed by atoms with Gasteiger partial charge in [0.2, 0.25) is 0 Å². The van der Waals surface area contributed by atoms with E-state index in [9.17, 15) is 14.0 Å². The summed E-state index contributed by atoms with van der Waals surface area (Å²) >= 11 is 0. The monoisotopic (exact) mass is 392 g/mol. The highest BCUT2D eigenvalue weighted by Gasteiger charge is 2.34. The molecule has 0 N–H and O–H groups in total. The maximum Gasteiger partial charge on any atom is 0.324 e. The molecule has 2 aromatic carbocycles. The lowest BCUT2D eigenvalue weighted by atomic mass is 9.97. The van der Waals surface area contributed by atoms with Crippen LogP contribution in [0.3, 0.4) is 0 Å². The number of halogens is 1. The van der Waals surface area contributed by atoms with Crippen LogP contribution in [0.15, 0.2) is 60.8 Å². The van der Waals surface area contributed by atoms with E-state index in [1.54, 1.807) is 16.6 Å². The van der Waals surface area contributed by atoms with Crippen molar-refractivity contribution in [3.63, 3.8) is 0 Å². The fourth-order valence-electron chi connectivity index (χ4n) is 3.48. The van der Waals surface area contributed by atoms with Crippen molar-refractivity contribution in [1.29, 1.82) is 0 Å². The number of aromatic nitrogens is 2. The van der Waals surface area contributed by atoms with Gasteiger partial charge in [0.1, 0.15) is 5.82 Å². The van der Waals surface area contributed by atoms with Gasteiger partial charge in [-0.05, 0) is 35.7 Å². The van der Waals surface area contributed by atoms with Crippen molar-refractivity contribution in [3.8, 4) is 11.3 Å². The van der Waals surface area contributed by atoms with Gasteiger partial charge >= 0.3 is 11.9 Å². The summed E-state index contributed by atoms with van der Waals surface area (Å²) in [7, 11) is 2.43. The van der Waals surface area contributed by atoms with E-state index in [0.717, 1.165) is 16.3 Å². The Morgan fingerprint density at radius 3 is 2.31 bits per heavy atom. The van der Waals surface area contributed by atoms with Gasteiger partial charge in [0.15, 0.2) is 5.92 Å². The Kier molecular flexibility index (Phi) is 4.72. The molecule has 0 spiro atoms. The molecular weight excluding hydrogens is 375 g/mol. The predicted octanol–water partition coefficient (Wildman–Crippen LogP) is 3.72. The van der Waals surface area contributed by atoms with Gasteiger partial charge in [-0.1, -0.05) is 24.3 Å². The molecule has 0 aliphatic carbocycles. The molecule has 0 saturated carbocycles. The molecular formula is C22H17FN2O4. The lowest BCUT2D eigenvalue weighted by molar-refractivity contribution is -0.154. The number of hydrogen-bond donors (Lipinski definition) is 0. The zero-order valence-corrected chi connectivity index (χ0v) is 15.8. The maximum absolute atomic E-state index is 13.4. The van der Waals surface area contributed by atoms with Crippen molar-refractivity contribution >= 4 is 28.2 Å².